The van der Waals surface area contributed by atoms with Crippen LogP contribution in [0.3, 0.4) is 0 Å². The van der Waals surface area contributed by atoms with Crippen LogP contribution >= 0.6 is 0 Å². The molecule has 24 nitrogen and oxygen atoms in total. The normalized spacial score (nSPS) is 17.5. The number of halogens is 2. The lowest BCUT2D eigenvalue weighted by atomic mass is 9.91. The summed E-state index contributed by atoms with van der Waals surface area (Å²) in [6, 6.07) is 20.9. The molecule has 2 heterocycles. The average Bonchev–Trinajstić information content (AvgIpc) is 1.61. The highest BCUT2D eigenvalue weighted by Crippen LogP contribution is 2.44. The Hall–Kier alpha value is -8.52. The third kappa shape index (κ3) is 24.1. The minimum absolute atomic E-state index is 0.0491. The summed E-state index contributed by atoms with van der Waals surface area (Å²) in [6.45, 7) is 20.2. The monoisotopic (exact) mass is 1420 g/mol. The minimum Gasteiger partial charge on any atom is -0.478 e. The van der Waals surface area contributed by atoms with Gasteiger partial charge in [-0.05, 0) is 167 Å². The number of ether oxygens (including phenoxy) is 9. The molecule has 1 N–H and O–H groups in total. The molecule has 0 bridgehead atoms. The van der Waals surface area contributed by atoms with Crippen molar-refractivity contribution >= 4 is 65.4 Å². The zero-order chi connectivity index (χ0) is 75.2. The van der Waals surface area contributed by atoms with E-state index in [0.29, 0.717) is 69.2 Å². The van der Waals surface area contributed by atoms with E-state index < -0.39 is 143 Å². The molecule has 4 amide bonds. The van der Waals surface area contributed by atoms with Crippen molar-refractivity contribution in [2.24, 2.45) is 0 Å². The number of rotatable bonds is 28. The number of alkyl halides is 2. The van der Waals surface area contributed by atoms with Gasteiger partial charge >= 0.3 is 48.0 Å². The molecule has 0 unspecified atom stereocenters. The number of esters is 5. The lowest BCUT2D eigenvalue weighted by Crippen LogP contribution is -2.52. The molecular weight excluding hydrogens is 1310 g/mol. The number of likely N-dealkylation sites (N-methyl/N-ethyl adjacent to an activating group) is 4. The Bertz CT molecular complexity index is 3410. The molecule has 2 aliphatic heterocycles. The fraction of sp³-hybridized carbons (Fsp3) is 0.600. The van der Waals surface area contributed by atoms with E-state index in [2.05, 4.69) is 0 Å². The minimum atomic E-state index is -1.95. The highest BCUT2D eigenvalue weighted by molar-refractivity contribution is 5.94. The zero-order valence-electron chi connectivity index (χ0n) is 61.2. The molecule has 3 aromatic rings. The number of carboxylic acid groups (broad SMARTS) is 1. The van der Waals surface area contributed by atoms with E-state index in [0.717, 1.165) is 56.2 Å². The van der Waals surface area contributed by atoms with E-state index in [4.69, 9.17) is 42.6 Å². The maximum absolute atomic E-state index is 15.2. The van der Waals surface area contributed by atoms with Gasteiger partial charge in [-0.2, -0.15) is 0 Å². The second kappa shape index (κ2) is 34.4. The molecule has 101 heavy (non-hydrogen) atoms. The van der Waals surface area contributed by atoms with E-state index in [9.17, 15) is 57.4 Å². The van der Waals surface area contributed by atoms with Crippen LogP contribution in [0.2, 0.25) is 0 Å². The topological polar surface area (TPSA) is 287 Å². The molecule has 7 rings (SSSR count). The van der Waals surface area contributed by atoms with Gasteiger partial charge in [0.05, 0.1) is 13.2 Å². The van der Waals surface area contributed by atoms with Gasteiger partial charge in [0, 0.05) is 67.1 Å². The van der Waals surface area contributed by atoms with E-state index in [1.54, 1.807) is 77.9 Å². The van der Waals surface area contributed by atoms with Crippen LogP contribution in [0.25, 0.3) is 5.57 Å². The van der Waals surface area contributed by atoms with Crippen molar-refractivity contribution in [1.29, 1.82) is 0 Å². The second-order valence-corrected chi connectivity index (χ2v) is 29.6. The predicted octanol–water partition coefficient (Wildman–Crippen LogP) is 10.4. The third-order valence-corrected chi connectivity index (χ3v) is 17.7. The standard InChI is InChI=1S/C41H53FN2O10.C34H49FN2O10/c1-27(52-37(48)41(20-21-41)44(8)38(49)54-39(2,3)4)34(45)43(7)32(25-40(5,6)42)35(46)53-33(36(47)51-26-29-12-10-9-11-13-29)24-28-14-16-30(17-15-28)31-18-22-50-23-19-31;1-21(45-30(42)34(15-16-34)37(8)31(43)47-32(2,3)4)27(38)36(7)25(20-33(5,6)35)29(41)46-26(28(39)40)19-22-9-11-23(12-10-22)24-13-17-44-18-14-24/h9-18,27,32-33H,19-26H2,1-8H3;9-12,21,24-26H,13-20H2,1-8H3,(H,39,40)/t27-,32+,33-;21-,25+,26-/m11/s1. The van der Waals surface area contributed by atoms with E-state index in [1.807, 2.05) is 48.5 Å². The van der Waals surface area contributed by atoms with Crippen molar-refractivity contribution in [2.75, 3.05) is 54.6 Å². The summed E-state index contributed by atoms with van der Waals surface area (Å²) in [5.74, 6) is -7.29. The van der Waals surface area contributed by atoms with E-state index in [1.165, 1.54) is 74.6 Å². The van der Waals surface area contributed by atoms with E-state index in [-0.39, 0.29) is 19.4 Å². The van der Waals surface area contributed by atoms with Gasteiger partial charge in [-0.3, -0.25) is 19.4 Å². The van der Waals surface area contributed by atoms with Gasteiger partial charge in [0.1, 0.15) is 52.3 Å². The molecule has 556 valence electrons. The van der Waals surface area contributed by atoms with Gasteiger partial charge in [0.15, 0.2) is 12.2 Å². The van der Waals surface area contributed by atoms with Crippen molar-refractivity contribution in [3.05, 3.63) is 113 Å². The summed E-state index contributed by atoms with van der Waals surface area (Å²) < 4.78 is 79.5. The fourth-order valence-corrected chi connectivity index (χ4v) is 11.4. The van der Waals surface area contributed by atoms with Crippen LogP contribution in [0.15, 0.2) is 84.9 Å². The van der Waals surface area contributed by atoms with Crippen LogP contribution < -0.4 is 0 Å². The van der Waals surface area contributed by atoms with Gasteiger partial charge in [-0.15, -0.1) is 0 Å². The van der Waals surface area contributed by atoms with Gasteiger partial charge < -0.3 is 57.5 Å². The molecule has 3 aromatic carbocycles. The van der Waals surface area contributed by atoms with Crippen LogP contribution in [-0.2, 0) is 100 Å². The Morgan fingerprint density at radius 3 is 1.37 bits per heavy atom. The highest BCUT2D eigenvalue weighted by Gasteiger charge is 2.59. The molecule has 2 aliphatic carbocycles. The number of benzene rings is 3. The zero-order valence-corrected chi connectivity index (χ0v) is 61.2. The lowest BCUT2D eigenvalue weighted by Gasteiger charge is -2.33. The van der Waals surface area contributed by atoms with Crippen molar-refractivity contribution in [3.8, 4) is 0 Å². The number of hydrogen-bond donors (Lipinski definition) is 1. The molecule has 0 spiro atoms. The number of carboxylic acids is 1. The maximum Gasteiger partial charge on any atom is 0.410 e. The Morgan fingerprint density at radius 2 is 0.970 bits per heavy atom. The van der Waals surface area contributed by atoms with Crippen LogP contribution in [-0.4, -0.2) is 209 Å². The smallest absolute Gasteiger partial charge is 0.410 e. The highest BCUT2D eigenvalue weighted by atomic mass is 19.1. The SMILES string of the molecule is C[C@@H](OC(=O)C1(N(C)C(=O)OC(C)(C)C)CC1)C(=O)N(C)[C@@H](CC(C)(C)F)C(=O)O[C@H](Cc1ccc(C2=CCOCC2)cc1)C(=O)OCc1ccccc1.C[C@@H](OC(=O)C1(N(C)C(=O)OC(C)(C)C)CC1)C(=O)N(C)[C@@H](CC(C)(C)F)C(=O)O[C@H](Cc1ccc(C2CCOCC2)cc1)C(=O)O. The maximum atomic E-state index is 15.2. The molecule has 3 fully saturated rings. The van der Waals surface area contributed by atoms with Gasteiger partial charge in [0.2, 0.25) is 12.2 Å². The summed E-state index contributed by atoms with van der Waals surface area (Å²) in [7, 11) is 5.34. The molecule has 6 atom stereocenters. The summed E-state index contributed by atoms with van der Waals surface area (Å²) in [5.41, 5.74) is -2.81. The Morgan fingerprint density at radius 1 is 0.545 bits per heavy atom. The molecule has 26 heteroatoms. The first-order valence-electron chi connectivity index (χ1n) is 34.2. The van der Waals surface area contributed by atoms with Crippen LogP contribution in [0.5, 0.6) is 0 Å². The van der Waals surface area contributed by atoms with Crippen LogP contribution in [0.1, 0.15) is 175 Å². The molecule has 0 aromatic heterocycles. The molecule has 0 radical (unpaired) electrons. The van der Waals surface area contributed by atoms with E-state index >= 15 is 4.39 Å². The van der Waals surface area contributed by atoms with Gasteiger partial charge in [-0.1, -0.05) is 84.9 Å². The van der Waals surface area contributed by atoms with Gasteiger partial charge in [-0.25, -0.2) is 47.1 Å². The number of hydrogen-bond acceptors (Lipinski definition) is 19. The largest absolute Gasteiger partial charge is 0.478 e. The quantitative estimate of drug-likeness (QED) is 0.0522. The van der Waals surface area contributed by atoms with Crippen molar-refractivity contribution < 1.29 is 104 Å². The number of carbonyl (C=O) groups is 10. The Balaban J connectivity index is 0.000000321. The lowest BCUT2D eigenvalue weighted by molar-refractivity contribution is -0.175. The Kier molecular flexibility index (Phi) is 27.8. The molecule has 2 saturated carbocycles. The second-order valence-electron chi connectivity index (χ2n) is 29.6. The fourth-order valence-electron chi connectivity index (χ4n) is 11.4. The average molecular weight is 1420 g/mol. The van der Waals surface area contributed by atoms with Crippen LogP contribution in [0.4, 0.5) is 18.4 Å². The molecule has 4 aliphatic rings. The molecule has 1 saturated heterocycles. The number of nitrogens with zero attached hydrogens (tertiary/aromatic N) is 4. The van der Waals surface area contributed by atoms with Crippen molar-refractivity contribution in [2.45, 2.75) is 236 Å². The number of amides is 4. The molecular formula is C75H102F2N4O20. The first-order valence-corrected chi connectivity index (χ1v) is 34.2. The first kappa shape index (κ1) is 81.4. The summed E-state index contributed by atoms with van der Waals surface area (Å²) >= 11 is 0. The third-order valence-electron chi connectivity index (χ3n) is 17.7. The summed E-state index contributed by atoms with van der Waals surface area (Å²) in [5, 5.41) is 9.88. The van der Waals surface area contributed by atoms with Crippen LogP contribution in [0, 0.1) is 0 Å². The summed E-state index contributed by atoms with van der Waals surface area (Å²) in [4.78, 5) is 136. The number of aliphatic carboxylic acids is 1. The number of carbonyl (C=O) groups excluding carboxylic acids is 9. The predicted molar refractivity (Wildman–Crippen MR) is 366 cm³/mol. The summed E-state index contributed by atoms with van der Waals surface area (Å²) in [6.07, 6.45) is -2.69. The first-order chi connectivity index (χ1) is 47.0. The Labute approximate surface area is 590 Å². The van der Waals surface area contributed by atoms with Crippen molar-refractivity contribution in [3.63, 3.8) is 0 Å². The van der Waals surface area contributed by atoms with Gasteiger partial charge in [0.25, 0.3) is 11.8 Å². The van der Waals surface area contributed by atoms with Crippen molar-refractivity contribution in [1.82, 2.24) is 19.6 Å².